The van der Waals surface area contributed by atoms with Crippen LogP contribution in [0.5, 0.6) is 0 Å². The molecule has 0 bridgehead atoms. The van der Waals surface area contributed by atoms with Crippen molar-refractivity contribution in [2.75, 3.05) is 0 Å². The third kappa shape index (κ3) is 1.20. The van der Waals surface area contributed by atoms with Gasteiger partial charge in [0.15, 0.2) is 5.69 Å². The lowest BCUT2D eigenvalue weighted by Crippen LogP contribution is -2.21. The van der Waals surface area contributed by atoms with Gasteiger partial charge in [-0.05, 0) is 12.1 Å². The number of carbonyl (C=O) groups excluding carboxylic acids is 1. The van der Waals surface area contributed by atoms with Crippen molar-refractivity contribution in [1.29, 1.82) is 0 Å². The molecule has 1 aliphatic rings. The number of rotatable bonds is 0. The summed E-state index contributed by atoms with van der Waals surface area (Å²) < 4.78 is 0.838. The Morgan fingerprint density at radius 1 is 0.895 bits per heavy atom. The molecule has 0 amide bonds. The van der Waals surface area contributed by atoms with Gasteiger partial charge < -0.3 is 4.98 Å². The summed E-state index contributed by atoms with van der Waals surface area (Å²) in [5.41, 5.74) is 3.26. The van der Waals surface area contributed by atoms with Crippen molar-refractivity contribution in [3.8, 4) is 11.3 Å². The molecule has 1 aliphatic carbocycles. The third-order valence-electron chi connectivity index (χ3n) is 3.48. The van der Waals surface area contributed by atoms with Gasteiger partial charge in [0.1, 0.15) is 5.52 Å². The highest BCUT2D eigenvalue weighted by molar-refractivity contribution is 6.19. The Morgan fingerprint density at radius 2 is 1.58 bits per heavy atom. The van der Waals surface area contributed by atoms with Gasteiger partial charge in [0.2, 0.25) is 5.78 Å². The molecular weight excluding hydrogens is 240 g/mol. The molecule has 0 unspecified atom stereocenters. The average molecular weight is 249 g/mol. The lowest BCUT2D eigenvalue weighted by atomic mass is 10.1. The zero-order valence-corrected chi connectivity index (χ0v) is 9.88. The predicted molar refractivity (Wildman–Crippen MR) is 70.5 cm³/mol. The first-order valence-electron chi connectivity index (χ1n) is 5.99. The molecule has 0 radical (unpaired) electrons. The normalized spacial score (nSPS) is 12.5. The van der Waals surface area contributed by atoms with E-state index < -0.39 is 0 Å². The standard InChI is InChI=1S/C15H8N2O2/c18-15-10-6-2-1-5-9(10)14-13(15)16-11-7-3-4-8-12(11)17(14)19/h1-8H/p+1. The minimum absolute atomic E-state index is 0.124. The van der Waals surface area contributed by atoms with E-state index in [0.29, 0.717) is 33.5 Å². The minimum Gasteiger partial charge on any atom is -0.341 e. The molecule has 0 aliphatic heterocycles. The van der Waals surface area contributed by atoms with Crippen molar-refractivity contribution >= 4 is 16.8 Å². The summed E-state index contributed by atoms with van der Waals surface area (Å²) in [7, 11) is 0. The molecule has 4 heteroatoms. The zero-order chi connectivity index (χ0) is 13.0. The number of nitrogens with zero attached hydrogens (tertiary/aromatic N) is 1. The third-order valence-corrected chi connectivity index (χ3v) is 3.48. The molecule has 0 spiro atoms. The SMILES string of the molecule is O=C1c2ccccc2-c2c1[nH]c1ccccc1[n+]2=O. The fourth-order valence-corrected chi connectivity index (χ4v) is 2.60. The van der Waals surface area contributed by atoms with Crippen LogP contribution in [-0.2, 0) is 0 Å². The van der Waals surface area contributed by atoms with Crippen LogP contribution in [0.4, 0.5) is 0 Å². The van der Waals surface area contributed by atoms with Crippen LogP contribution in [0.3, 0.4) is 0 Å². The van der Waals surface area contributed by atoms with Gasteiger partial charge in [0, 0.05) is 16.5 Å². The molecule has 1 aromatic heterocycles. The number of fused-ring (bicyclic) bond motifs is 4. The topological polar surface area (TPSA) is 55.8 Å². The van der Waals surface area contributed by atoms with Crippen LogP contribution in [0, 0.1) is 4.91 Å². The first-order chi connectivity index (χ1) is 9.27. The van der Waals surface area contributed by atoms with Gasteiger partial charge >= 0.3 is 0 Å². The second-order valence-electron chi connectivity index (χ2n) is 4.53. The van der Waals surface area contributed by atoms with E-state index >= 15 is 0 Å². The molecule has 1 N–H and O–H groups in total. The first kappa shape index (κ1) is 10.2. The summed E-state index contributed by atoms with van der Waals surface area (Å²) in [4.78, 5) is 27.8. The van der Waals surface area contributed by atoms with Crippen molar-refractivity contribution in [2.45, 2.75) is 0 Å². The molecule has 4 nitrogen and oxygen atoms in total. The van der Waals surface area contributed by atoms with Crippen molar-refractivity contribution in [2.24, 2.45) is 0 Å². The molecule has 0 saturated heterocycles. The van der Waals surface area contributed by atoms with Crippen LogP contribution in [0.1, 0.15) is 16.1 Å². The number of para-hydroxylation sites is 2. The summed E-state index contributed by atoms with van der Waals surface area (Å²) in [5, 5.41) is 0. The molecule has 90 valence electrons. The van der Waals surface area contributed by atoms with Crippen molar-refractivity contribution in [1.82, 2.24) is 4.98 Å². The van der Waals surface area contributed by atoms with Crippen LogP contribution < -0.4 is 4.43 Å². The monoisotopic (exact) mass is 249 g/mol. The lowest BCUT2D eigenvalue weighted by molar-refractivity contribution is -0.451. The van der Waals surface area contributed by atoms with Gasteiger partial charge in [-0.2, -0.15) is 0 Å². The van der Waals surface area contributed by atoms with Gasteiger partial charge in [-0.1, -0.05) is 30.3 Å². The van der Waals surface area contributed by atoms with Crippen molar-refractivity contribution in [3.05, 3.63) is 64.7 Å². The summed E-state index contributed by atoms with van der Waals surface area (Å²) in [5.74, 6) is -0.124. The fraction of sp³-hybridized carbons (Fsp3) is 0. The van der Waals surface area contributed by atoms with Gasteiger partial charge in [-0.15, -0.1) is 0 Å². The highest BCUT2D eigenvalue weighted by Gasteiger charge is 2.36. The minimum atomic E-state index is -0.124. The number of carbonyl (C=O) groups is 1. The highest BCUT2D eigenvalue weighted by Crippen LogP contribution is 2.33. The Morgan fingerprint density at radius 3 is 2.42 bits per heavy atom. The zero-order valence-electron chi connectivity index (χ0n) is 9.88. The largest absolute Gasteiger partial charge is 0.341 e. The number of ketones is 1. The van der Waals surface area contributed by atoms with Crippen LogP contribution in [0.2, 0.25) is 0 Å². The number of aromatic nitrogens is 2. The van der Waals surface area contributed by atoms with E-state index in [0.717, 1.165) is 4.43 Å². The molecule has 0 atom stereocenters. The maximum Gasteiger partial charge on any atom is 0.298 e. The summed E-state index contributed by atoms with van der Waals surface area (Å²) in [6.45, 7) is 0. The Bertz CT molecular complexity index is 909. The molecule has 19 heavy (non-hydrogen) atoms. The molecule has 2 aromatic carbocycles. The Balaban J connectivity index is 2.24. The summed E-state index contributed by atoms with van der Waals surface area (Å²) >= 11 is 0. The maximum absolute atomic E-state index is 12.5. The highest BCUT2D eigenvalue weighted by atomic mass is 16.3. The van der Waals surface area contributed by atoms with E-state index in [2.05, 4.69) is 4.98 Å². The van der Waals surface area contributed by atoms with E-state index in [1.165, 1.54) is 0 Å². The van der Waals surface area contributed by atoms with Gasteiger partial charge in [0.05, 0.1) is 9.99 Å². The average Bonchev–Trinajstić information content (AvgIpc) is 2.74. The quantitative estimate of drug-likeness (QED) is 0.486. The second-order valence-corrected chi connectivity index (χ2v) is 4.53. The second kappa shape index (κ2) is 3.38. The number of aromatic amines is 1. The Labute approximate surface area is 107 Å². The lowest BCUT2D eigenvalue weighted by Gasteiger charge is -1.94. The molecule has 1 heterocycles. The van der Waals surface area contributed by atoms with Crippen LogP contribution in [-0.4, -0.2) is 10.8 Å². The van der Waals surface area contributed by atoms with Gasteiger partial charge in [-0.25, -0.2) is 0 Å². The van der Waals surface area contributed by atoms with E-state index in [9.17, 15) is 9.70 Å². The molecule has 0 saturated carbocycles. The van der Waals surface area contributed by atoms with Crippen LogP contribution >= 0.6 is 0 Å². The van der Waals surface area contributed by atoms with Crippen molar-refractivity contribution < 1.29 is 9.22 Å². The van der Waals surface area contributed by atoms with E-state index in [-0.39, 0.29) is 5.78 Å². The van der Waals surface area contributed by atoms with Crippen LogP contribution in [0.25, 0.3) is 22.3 Å². The van der Waals surface area contributed by atoms with Gasteiger partial charge in [-0.3, -0.25) is 4.79 Å². The van der Waals surface area contributed by atoms with E-state index in [1.54, 1.807) is 36.4 Å². The van der Waals surface area contributed by atoms with E-state index in [1.807, 2.05) is 12.1 Å². The number of nitrogens with one attached hydrogen (secondary N) is 1. The molecule has 0 fully saturated rings. The maximum atomic E-state index is 12.5. The van der Waals surface area contributed by atoms with Gasteiger partial charge in [0.25, 0.3) is 11.2 Å². The number of benzene rings is 2. The summed E-state index contributed by atoms with van der Waals surface area (Å²) in [6.07, 6.45) is 0. The number of hydrogen-bond donors (Lipinski definition) is 1. The van der Waals surface area contributed by atoms with Crippen molar-refractivity contribution in [3.63, 3.8) is 0 Å². The first-order valence-corrected chi connectivity index (χ1v) is 5.99. The van der Waals surface area contributed by atoms with Crippen LogP contribution in [0.15, 0.2) is 48.5 Å². The Hall–Kier alpha value is -2.75. The fourth-order valence-electron chi connectivity index (χ4n) is 2.60. The van der Waals surface area contributed by atoms with E-state index in [4.69, 9.17) is 0 Å². The number of H-pyrrole nitrogens is 1. The smallest absolute Gasteiger partial charge is 0.298 e. The molecular formula is C15H9N2O2+. The Kier molecular flexibility index (Phi) is 1.82. The summed E-state index contributed by atoms with van der Waals surface area (Å²) in [6, 6.07) is 14.3. The number of hydrogen-bond acceptors (Lipinski definition) is 2. The predicted octanol–water partition coefficient (Wildman–Crippen LogP) is 2.29. The molecule has 3 aromatic rings. The molecule has 4 rings (SSSR count).